The lowest BCUT2D eigenvalue weighted by atomic mass is 9.84. The maximum absolute atomic E-state index is 13.3. The Morgan fingerprint density at radius 2 is 2.09 bits per heavy atom. The number of aromatic nitrogens is 2. The first kappa shape index (κ1) is 23.4. The standard InChI is InChI=1S/C27H36N4O2/c1-5-28-25(21-9-13-29-19(21)4)20-6-7-22(27(10-8-20)11-12-27)26(33)31-16-24(32)23-14-17(2)18(3)15-30-23/h5,9,13-15,20,22,24,29,32H,1,6-8,10-12,16H2,2-4H3,(H,31,33)/b28-25-/t20?,22-,24-/m1/s1. The Bertz CT molecular complexity index is 1050. The quantitative estimate of drug-likeness (QED) is 0.536. The zero-order valence-corrected chi connectivity index (χ0v) is 20.0. The third-order valence-corrected chi connectivity index (χ3v) is 7.79. The highest BCUT2D eigenvalue weighted by Gasteiger charge is 2.53. The smallest absolute Gasteiger partial charge is 0.223 e. The van der Waals surface area contributed by atoms with Gasteiger partial charge in [-0.05, 0) is 88.0 Å². The number of aliphatic imine (C=N–C) groups is 1. The monoisotopic (exact) mass is 448 g/mol. The molecule has 176 valence electrons. The van der Waals surface area contributed by atoms with E-state index in [-0.39, 0.29) is 23.8 Å². The number of nitrogens with one attached hydrogen (secondary N) is 2. The summed E-state index contributed by atoms with van der Waals surface area (Å²) in [6, 6.07) is 3.98. The molecule has 0 saturated heterocycles. The average molecular weight is 449 g/mol. The summed E-state index contributed by atoms with van der Waals surface area (Å²) >= 11 is 0. The summed E-state index contributed by atoms with van der Waals surface area (Å²) in [6.07, 6.45) is 10.6. The van der Waals surface area contributed by atoms with Crippen LogP contribution in [0.4, 0.5) is 0 Å². The van der Waals surface area contributed by atoms with Crippen molar-refractivity contribution in [3.63, 3.8) is 0 Å². The van der Waals surface area contributed by atoms with Gasteiger partial charge < -0.3 is 15.4 Å². The molecule has 0 aromatic carbocycles. The summed E-state index contributed by atoms with van der Waals surface area (Å²) in [5.74, 6) is 0.369. The number of aliphatic hydroxyl groups excluding tert-OH is 1. The Kier molecular flexibility index (Phi) is 6.84. The van der Waals surface area contributed by atoms with E-state index in [0.717, 1.165) is 66.6 Å². The van der Waals surface area contributed by atoms with Crippen LogP contribution < -0.4 is 5.32 Å². The average Bonchev–Trinajstić information content (AvgIpc) is 3.51. The molecule has 0 radical (unpaired) electrons. The van der Waals surface area contributed by atoms with Crippen molar-refractivity contribution in [2.75, 3.05) is 6.54 Å². The number of amides is 1. The molecule has 2 heterocycles. The number of aromatic amines is 1. The Hall–Kier alpha value is -2.73. The van der Waals surface area contributed by atoms with Crippen molar-refractivity contribution in [3.8, 4) is 0 Å². The molecule has 3 N–H and O–H groups in total. The highest BCUT2D eigenvalue weighted by molar-refractivity contribution is 6.03. The van der Waals surface area contributed by atoms with Gasteiger partial charge >= 0.3 is 0 Å². The maximum atomic E-state index is 13.3. The molecule has 0 aliphatic heterocycles. The molecule has 1 spiro atoms. The predicted octanol–water partition coefficient (Wildman–Crippen LogP) is 4.70. The van der Waals surface area contributed by atoms with Gasteiger partial charge in [-0.1, -0.05) is 6.58 Å². The number of H-pyrrole nitrogens is 1. The molecule has 2 saturated carbocycles. The largest absolute Gasteiger partial charge is 0.385 e. The molecule has 2 aromatic rings. The van der Waals surface area contributed by atoms with Gasteiger partial charge in [0.2, 0.25) is 5.91 Å². The van der Waals surface area contributed by atoms with Crippen LogP contribution in [0.3, 0.4) is 0 Å². The van der Waals surface area contributed by atoms with Crippen LogP contribution in [0.1, 0.15) is 72.7 Å². The molecule has 6 heteroatoms. The minimum absolute atomic E-state index is 0.0142. The Labute approximate surface area is 196 Å². The van der Waals surface area contributed by atoms with Crippen molar-refractivity contribution in [1.82, 2.24) is 15.3 Å². The Morgan fingerprint density at radius 3 is 2.73 bits per heavy atom. The second-order valence-electron chi connectivity index (χ2n) is 9.90. The lowest BCUT2D eigenvalue weighted by Crippen LogP contribution is -2.37. The van der Waals surface area contributed by atoms with Crippen LogP contribution in [-0.2, 0) is 4.79 Å². The molecule has 4 rings (SSSR count). The number of carbonyl (C=O) groups excluding carboxylic acids is 1. The van der Waals surface area contributed by atoms with E-state index in [0.29, 0.717) is 11.6 Å². The van der Waals surface area contributed by atoms with Gasteiger partial charge in [0.25, 0.3) is 0 Å². The Balaban J connectivity index is 1.42. The van der Waals surface area contributed by atoms with Gasteiger partial charge in [-0.15, -0.1) is 0 Å². The van der Waals surface area contributed by atoms with Crippen molar-refractivity contribution in [1.29, 1.82) is 0 Å². The van der Waals surface area contributed by atoms with Crippen LogP contribution in [-0.4, -0.2) is 33.2 Å². The summed E-state index contributed by atoms with van der Waals surface area (Å²) in [5.41, 5.74) is 6.24. The second kappa shape index (κ2) is 9.64. The number of pyridine rings is 1. The van der Waals surface area contributed by atoms with E-state index in [1.54, 1.807) is 12.4 Å². The number of aryl methyl sites for hydroxylation is 3. The fourth-order valence-electron chi connectivity index (χ4n) is 5.37. The van der Waals surface area contributed by atoms with Gasteiger partial charge in [-0.2, -0.15) is 0 Å². The SMILES string of the molecule is C=C/N=C(\c1cc[nH]c1C)C1CC[C@H](C(=O)NC[C@@H](O)c2cc(C)c(C)cn2)C2(CC1)CC2. The summed E-state index contributed by atoms with van der Waals surface area (Å²) < 4.78 is 0. The van der Waals surface area contributed by atoms with E-state index in [9.17, 15) is 9.90 Å². The first-order chi connectivity index (χ1) is 15.8. The minimum Gasteiger partial charge on any atom is -0.385 e. The number of carbonyl (C=O) groups is 1. The van der Waals surface area contributed by atoms with E-state index < -0.39 is 6.10 Å². The highest BCUT2D eigenvalue weighted by Crippen LogP contribution is 2.59. The molecule has 2 aliphatic rings. The molecule has 6 nitrogen and oxygen atoms in total. The molecule has 33 heavy (non-hydrogen) atoms. The van der Waals surface area contributed by atoms with Crippen LogP contribution in [0.2, 0.25) is 0 Å². The molecule has 1 unspecified atom stereocenters. The van der Waals surface area contributed by atoms with Crippen LogP contribution in [0.5, 0.6) is 0 Å². The van der Waals surface area contributed by atoms with Gasteiger partial charge in [0.1, 0.15) is 6.10 Å². The lowest BCUT2D eigenvalue weighted by Gasteiger charge is -2.24. The number of rotatable bonds is 7. The van der Waals surface area contributed by atoms with E-state index in [1.165, 1.54) is 0 Å². The van der Waals surface area contributed by atoms with Crippen LogP contribution in [0.25, 0.3) is 0 Å². The van der Waals surface area contributed by atoms with Gasteiger partial charge in [0.15, 0.2) is 0 Å². The molecule has 2 fully saturated rings. The van der Waals surface area contributed by atoms with Gasteiger partial charge in [0.05, 0.1) is 11.4 Å². The van der Waals surface area contributed by atoms with Gasteiger partial charge in [-0.3, -0.25) is 14.8 Å². The number of aliphatic hydroxyl groups is 1. The molecular weight excluding hydrogens is 412 g/mol. The molecule has 3 atom stereocenters. The fourth-order valence-corrected chi connectivity index (χ4v) is 5.37. The van der Waals surface area contributed by atoms with E-state index in [2.05, 4.69) is 39.8 Å². The number of hydrogen-bond donors (Lipinski definition) is 3. The topological polar surface area (TPSA) is 90.4 Å². The molecule has 1 amide bonds. The van der Waals surface area contributed by atoms with Gasteiger partial charge in [0, 0.05) is 48.2 Å². The summed E-state index contributed by atoms with van der Waals surface area (Å²) in [4.78, 5) is 25.5. The third-order valence-electron chi connectivity index (χ3n) is 7.79. The summed E-state index contributed by atoms with van der Waals surface area (Å²) in [5, 5.41) is 13.6. The zero-order chi connectivity index (χ0) is 23.6. The van der Waals surface area contributed by atoms with Crippen LogP contribution >= 0.6 is 0 Å². The molecular formula is C27H36N4O2. The number of hydrogen-bond acceptors (Lipinski definition) is 4. The van der Waals surface area contributed by atoms with E-state index in [4.69, 9.17) is 0 Å². The molecule has 2 aromatic heterocycles. The second-order valence-corrected chi connectivity index (χ2v) is 9.90. The van der Waals surface area contributed by atoms with Crippen molar-refractivity contribution in [2.45, 2.75) is 65.4 Å². The van der Waals surface area contributed by atoms with Gasteiger partial charge in [-0.25, -0.2) is 0 Å². The van der Waals surface area contributed by atoms with Crippen molar-refractivity contribution in [3.05, 3.63) is 65.4 Å². The van der Waals surface area contributed by atoms with Crippen molar-refractivity contribution >= 4 is 11.6 Å². The summed E-state index contributed by atoms with van der Waals surface area (Å²) in [7, 11) is 0. The first-order valence-electron chi connectivity index (χ1n) is 12.1. The predicted molar refractivity (Wildman–Crippen MR) is 131 cm³/mol. The zero-order valence-electron chi connectivity index (χ0n) is 20.0. The lowest BCUT2D eigenvalue weighted by molar-refractivity contribution is -0.128. The maximum Gasteiger partial charge on any atom is 0.223 e. The first-order valence-corrected chi connectivity index (χ1v) is 12.1. The normalized spacial score (nSPS) is 23.1. The van der Waals surface area contributed by atoms with Crippen molar-refractivity contribution in [2.24, 2.45) is 22.2 Å². The molecule has 2 aliphatic carbocycles. The third kappa shape index (κ3) is 4.96. The van der Waals surface area contributed by atoms with Crippen molar-refractivity contribution < 1.29 is 9.90 Å². The summed E-state index contributed by atoms with van der Waals surface area (Å²) in [6.45, 7) is 10.1. The minimum atomic E-state index is -0.801. The fraction of sp³-hybridized carbons (Fsp3) is 0.519. The van der Waals surface area contributed by atoms with E-state index >= 15 is 0 Å². The van der Waals surface area contributed by atoms with Crippen LogP contribution in [0, 0.1) is 38.0 Å². The van der Waals surface area contributed by atoms with E-state index in [1.807, 2.05) is 26.1 Å². The van der Waals surface area contributed by atoms with Crippen LogP contribution in [0.15, 0.2) is 42.3 Å². The Morgan fingerprint density at radius 1 is 1.30 bits per heavy atom. The molecule has 0 bridgehead atoms. The highest BCUT2D eigenvalue weighted by atomic mass is 16.3. The number of nitrogens with zero attached hydrogens (tertiary/aromatic N) is 2.